The molecule has 0 fully saturated rings. The second-order valence-corrected chi connectivity index (χ2v) is 5.79. The van der Waals surface area contributed by atoms with E-state index in [1.54, 1.807) is 11.9 Å². The second-order valence-electron chi connectivity index (χ2n) is 4.62. The van der Waals surface area contributed by atoms with Crippen LogP contribution in [-0.4, -0.2) is 31.0 Å². The van der Waals surface area contributed by atoms with Gasteiger partial charge < -0.3 is 10.2 Å². The molecule has 0 radical (unpaired) electrons. The van der Waals surface area contributed by atoms with Crippen LogP contribution in [0.1, 0.15) is 13.8 Å². The minimum Gasteiger partial charge on any atom is -0.354 e. The monoisotopic (exact) mass is 323 g/mol. The molecule has 0 atom stereocenters. The molecule has 1 rings (SSSR count). The fourth-order valence-electron chi connectivity index (χ4n) is 1.37. The average molecular weight is 325 g/mol. The topological polar surface area (TPSA) is 45.2 Å². The molecule has 4 nitrogen and oxygen atoms in total. The van der Waals surface area contributed by atoms with Gasteiger partial charge in [-0.15, -0.1) is 0 Å². The Labute approximate surface area is 128 Å². The maximum atomic E-state index is 11.7. The van der Waals surface area contributed by atoms with Crippen LogP contribution in [0.25, 0.3) is 0 Å². The Bertz CT molecular complexity index is 466. The van der Waals surface area contributed by atoms with Crippen molar-refractivity contribution in [3.05, 3.63) is 21.3 Å². The van der Waals surface area contributed by atoms with E-state index in [0.29, 0.717) is 23.3 Å². The third-order valence-corrected chi connectivity index (χ3v) is 3.27. The van der Waals surface area contributed by atoms with Crippen molar-refractivity contribution >= 4 is 46.5 Å². The van der Waals surface area contributed by atoms with Gasteiger partial charge >= 0.3 is 0 Å². The first-order valence-corrected chi connectivity index (χ1v) is 6.94. The van der Waals surface area contributed by atoms with Crippen LogP contribution >= 0.6 is 34.8 Å². The van der Waals surface area contributed by atoms with Crippen LogP contribution in [0.4, 0.5) is 5.82 Å². The first-order valence-electron chi connectivity index (χ1n) is 5.80. The normalized spacial score (nSPS) is 10.7. The van der Waals surface area contributed by atoms with E-state index in [0.717, 1.165) is 0 Å². The van der Waals surface area contributed by atoms with Crippen molar-refractivity contribution in [2.45, 2.75) is 13.8 Å². The second kappa shape index (κ2) is 7.17. The van der Waals surface area contributed by atoms with Crippen LogP contribution in [0.15, 0.2) is 6.07 Å². The highest BCUT2D eigenvalue weighted by Gasteiger charge is 2.14. The molecule has 0 saturated heterocycles. The van der Waals surface area contributed by atoms with Crippen molar-refractivity contribution in [1.82, 2.24) is 10.3 Å². The predicted molar refractivity (Wildman–Crippen MR) is 80.4 cm³/mol. The van der Waals surface area contributed by atoms with Gasteiger partial charge in [-0.25, -0.2) is 4.98 Å². The predicted octanol–water partition coefficient (Wildman–Crippen LogP) is 3.25. The van der Waals surface area contributed by atoms with Crippen molar-refractivity contribution in [3.8, 4) is 0 Å². The summed E-state index contributed by atoms with van der Waals surface area (Å²) in [7, 11) is 1.72. The number of pyridine rings is 1. The number of nitrogens with one attached hydrogen (secondary N) is 1. The zero-order valence-electron chi connectivity index (χ0n) is 11.0. The molecule has 0 aromatic carbocycles. The SMILES string of the molecule is CC(C)CNC(=O)CN(C)c1nc(Cl)c(Cl)cc1Cl. The Morgan fingerprint density at radius 3 is 2.58 bits per heavy atom. The minimum atomic E-state index is -0.0971. The number of hydrogen-bond acceptors (Lipinski definition) is 3. The van der Waals surface area contributed by atoms with E-state index in [2.05, 4.69) is 10.3 Å². The lowest BCUT2D eigenvalue weighted by molar-refractivity contribution is -0.119. The van der Waals surface area contributed by atoms with E-state index >= 15 is 0 Å². The van der Waals surface area contributed by atoms with Gasteiger partial charge in [0.2, 0.25) is 5.91 Å². The number of amides is 1. The Hall–Kier alpha value is -0.710. The Morgan fingerprint density at radius 1 is 1.37 bits per heavy atom. The van der Waals surface area contributed by atoms with E-state index in [1.807, 2.05) is 13.8 Å². The van der Waals surface area contributed by atoms with Crippen LogP contribution in [0, 0.1) is 5.92 Å². The van der Waals surface area contributed by atoms with E-state index in [1.165, 1.54) is 6.07 Å². The van der Waals surface area contributed by atoms with Gasteiger partial charge in [-0.1, -0.05) is 48.7 Å². The van der Waals surface area contributed by atoms with Crippen LogP contribution in [-0.2, 0) is 4.79 Å². The highest BCUT2D eigenvalue weighted by molar-refractivity contribution is 6.42. The zero-order valence-corrected chi connectivity index (χ0v) is 13.3. The van der Waals surface area contributed by atoms with E-state index in [4.69, 9.17) is 34.8 Å². The highest BCUT2D eigenvalue weighted by atomic mass is 35.5. The number of rotatable bonds is 5. The number of halogens is 3. The first-order chi connectivity index (χ1) is 8.81. The molecule has 0 spiro atoms. The first kappa shape index (κ1) is 16.3. The summed E-state index contributed by atoms with van der Waals surface area (Å²) in [6.07, 6.45) is 0. The Morgan fingerprint density at radius 2 is 2.00 bits per heavy atom. The molecule has 0 aliphatic carbocycles. The zero-order chi connectivity index (χ0) is 14.6. The van der Waals surface area contributed by atoms with Crippen LogP contribution in [0.5, 0.6) is 0 Å². The third-order valence-electron chi connectivity index (χ3n) is 2.32. The van der Waals surface area contributed by atoms with Gasteiger partial charge in [0.25, 0.3) is 0 Å². The lowest BCUT2D eigenvalue weighted by Crippen LogP contribution is -2.37. The number of likely N-dealkylation sites (N-methyl/N-ethyl adjacent to an activating group) is 1. The lowest BCUT2D eigenvalue weighted by Gasteiger charge is -2.19. The van der Waals surface area contributed by atoms with Gasteiger partial charge in [0.05, 0.1) is 16.6 Å². The summed E-state index contributed by atoms with van der Waals surface area (Å²) in [6, 6.07) is 1.51. The molecule has 0 aliphatic heterocycles. The Kier molecular flexibility index (Phi) is 6.17. The highest BCUT2D eigenvalue weighted by Crippen LogP contribution is 2.30. The maximum absolute atomic E-state index is 11.7. The molecule has 0 aliphatic rings. The number of anilines is 1. The third kappa shape index (κ3) is 5.05. The minimum absolute atomic E-state index is 0.0971. The van der Waals surface area contributed by atoms with E-state index in [9.17, 15) is 4.79 Å². The van der Waals surface area contributed by atoms with Gasteiger partial charge in [0, 0.05) is 13.6 Å². The molecule has 1 aromatic heterocycles. The van der Waals surface area contributed by atoms with Crippen LogP contribution < -0.4 is 10.2 Å². The van der Waals surface area contributed by atoms with Crippen molar-refractivity contribution in [2.24, 2.45) is 5.92 Å². The molecule has 1 amide bonds. The van der Waals surface area contributed by atoms with Gasteiger partial charge in [0.1, 0.15) is 11.0 Å². The van der Waals surface area contributed by atoms with Crippen molar-refractivity contribution in [2.75, 3.05) is 25.0 Å². The quantitative estimate of drug-likeness (QED) is 0.846. The molecule has 1 aromatic rings. The lowest BCUT2D eigenvalue weighted by atomic mass is 10.2. The smallest absolute Gasteiger partial charge is 0.239 e. The number of carbonyl (C=O) groups is 1. The molecule has 1 N–H and O–H groups in total. The fraction of sp³-hybridized carbons (Fsp3) is 0.500. The molecular weight excluding hydrogens is 309 g/mol. The standard InChI is InChI=1S/C12H16Cl3N3O/c1-7(2)5-16-10(19)6-18(3)12-9(14)4-8(13)11(15)17-12/h4,7H,5-6H2,1-3H3,(H,16,19). The summed E-state index contributed by atoms with van der Waals surface area (Å²) in [6.45, 7) is 4.84. The summed E-state index contributed by atoms with van der Waals surface area (Å²) in [4.78, 5) is 17.4. The van der Waals surface area contributed by atoms with Crippen molar-refractivity contribution in [1.29, 1.82) is 0 Å². The molecule has 7 heteroatoms. The largest absolute Gasteiger partial charge is 0.354 e. The number of carbonyl (C=O) groups excluding carboxylic acids is 1. The number of nitrogens with zero attached hydrogens (tertiary/aromatic N) is 2. The molecule has 19 heavy (non-hydrogen) atoms. The molecule has 106 valence electrons. The van der Waals surface area contributed by atoms with Crippen LogP contribution in [0.3, 0.4) is 0 Å². The van der Waals surface area contributed by atoms with E-state index in [-0.39, 0.29) is 22.6 Å². The van der Waals surface area contributed by atoms with Crippen LogP contribution in [0.2, 0.25) is 15.2 Å². The molecular formula is C12H16Cl3N3O. The van der Waals surface area contributed by atoms with E-state index < -0.39 is 0 Å². The average Bonchev–Trinajstić information content (AvgIpc) is 2.31. The van der Waals surface area contributed by atoms with Gasteiger partial charge in [-0.2, -0.15) is 0 Å². The summed E-state index contributed by atoms with van der Waals surface area (Å²) < 4.78 is 0. The van der Waals surface area contributed by atoms with Crippen molar-refractivity contribution in [3.63, 3.8) is 0 Å². The number of hydrogen-bond donors (Lipinski definition) is 1. The maximum Gasteiger partial charge on any atom is 0.239 e. The number of aromatic nitrogens is 1. The summed E-state index contributed by atoms with van der Waals surface area (Å²) in [5, 5.41) is 3.62. The Balaban J connectivity index is 2.70. The van der Waals surface area contributed by atoms with Gasteiger partial charge in [-0.05, 0) is 12.0 Å². The summed E-state index contributed by atoms with van der Waals surface area (Å²) in [5.41, 5.74) is 0. The summed E-state index contributed by atoms with van der Waals surface area (Å²) >= 11 is 17.7. The summed E-state index contributed by atoms with van der Waals surface area (Å²) in [5.74, 6) is 0.733. The molecule has 0 unspecified atom stereocenters. The van der Waals surface area contributed by atoms with Crippen molar-refractivity contribution < 1.29 is 4.79 Å². The fourth-order valence-corrected chi connectivity index (χ4v) is 2.00. The molecule has 1 heterocycles. The molecule has 0 saturated carbocycles. The molecule has 0 bridgehead atoms. The van der Waals surface area contributed by atoms with Gasteiger partial charge in [-0.3, -0.25) is 4.79 Å². The van der Waals surface area contributed by atoms with Gasteiger partial charge in [0.15, 0.2) is 0 Å².